The van der Waals surface area contributed by atoms with E-state index in [0.717, 1.165) is 10.8 Å². The topological polar surface area (TPSA) is 72.9 Å². The van der Waals surface area contributed by atoms with Crippen LogP contribution in [-0.2, 0) is 19.1 Å². The summed E-state index contributed by atoms with van der Waals surface area (Å²) in [7, 11) is 0. The number of halogens is 3. The Labute approximate surface area is 189 Å². The average molecular weight is 464 g/mol. The number of terminal acetylenes is 1. The Morgan fingerprint density at radius 3 is 2.06 bits per heavy atom. The molecule has 2 atom stereocenters. The van der Waals surface area contributed by atoms with Crippen molar-refractivity contribution >= 4 is 18.0 Å². The van der Waals surface area contributed by atoms with Gasteiger partial charge in [-0.3, -0.25) is 9.59 Å². The second-order valence-electron chi connectivity index (χ2n) is 9.42. The Morgan fingerprint density at radius 1 is 1.19 bits per heavy atom. The molecule has 2 fully saturated rings. The third-order valence-electron chi connectivity index (χ3n) is 4.74. The van der Waals surface area contributed by atoms with E-state index >= 15 is 0 Å². The zero-order valence-electron chi connectivity index (χ0n) is 19.8. The number of imide groups is 1. The number of hydrogen-bond acceptors (Lipinski definition) is 5. The first kappa shape index (κ1) is 29.8. The summed E-state index contributed by atoms with van der Waals surface area (Å²) in [6, 6.07) is -0.568. The molecule has 0 radical (unpaired) electrons. The highest BCUT2D eigenvalue weighted by molar-refractivity contribution is 5.96. The molecule has 2 aliphatic rings. The number of carbonyl (C=O) groups excluding carboxylic acids is 3. The van der Waals surface area contributed by atoms with Gasteiger partial charge < -0.3 is 9.47 Å². The van der Waals surface area contributed by atoms with Crippen molar-refractivity contribution in [2.45, 2.75) is 91.5 Å². The zero-order chi connectivity index (χ0) is 25.3. The third-order valence-corrected chi connectivity index (χ3v) is 4.74. The number of hydrogen-bond donors (Lipinski definition) is 0. The lowest BCUT2D eigenvalue weighted by Crippen LogP contribution is -2.45. The van der Waals surface area contributed by atoms with Crippen molar-refractivity contribution in [2.75, 3.05) is 6.61 Å². The Kier molecular flexibility index (Phi) is 11.8. The van der Waals surface area contributed by atoms with Gasteiger partial charge in [-0.2, -0.15) is 13.2 Å². The summed E-state index contributed by atoms with van der Waals surface area (Å²) in [5, 5.41) is 0. The Balaban J connectivity index is 0.00000140. The fourth-order valence-electron chi connectivity index (χ4n) is 2.78. The lowest BCUT2D eigenvalue weighted by atomic mass is 9.95. The third kappa shape index (κ3) is 12.0. The molecule has 2 amide bonds. The maximum absolute atomic E-state index is 12.7. The quantitative estimate of drug-likeness (QED) is 0.392. The molecule has 0 aromatic heterocycles. The van der Waals surface area contributed by atoms with E-state index in [-0.39, 0.29) is 12.5 Å². The second kappa shape index (κ2) is 12.7. The normalized spacial score (nSPS) is 19.2. The van der Waals surface area contributed by atoms with Gasteiger partial charge in [0.1, 0.15) is 12.2 Å². The van der Waals surface area contributed by atoms with Gasteiger partial charge >= 0.3 is 18.2 Å². The highest BCUT2D eigenvalue weighted by Crippen LogP contribution is 2.30. The van der Waals surface area contributed by atoms with Gasteiger partial charge in [0.25, 0.3) is 0 Å². The number of amides is 2. The van der Waals surface area contributed by atoms with E-state index < -0.39 is 61.0 Å². The minimum absolute atomic E-state index is 0.0132. The molecule has 9 heteroatoms. The summed E-state index contributed by atoms with van der Waals surface area (Å²) in [6.07, 6.45) is 3.24. The summed E-state index contributed by atoms with van der Waals surface area (Å²) in [5.74, 6) is -1.97. The molecule has 0 aromatic carbocycles. The number of rotatable bonds is 6. The molecule has 1 unspecified atom stereocenters. The van der Waals surface area contributed by atoms with Crippen LogP contribution in [0.1, 0.15) is 73.6 Å². The van der Waals surface area contributed by atoms with Crippen molar-refractivity contribution in [3.8, 4) is 12.8 Å². The molecule has 1 saturated heterocycles. The first-order valence-corrected chi connectivity index (χ1v) is 10.7. The van der Waals surface area contributed by atoms with Crippen molar-refractivity contribution in [3.63, 3.8) is 0 Å². The molecular formula is C23H36F3NO5. The van der Waals surface area contributed by atoms with E-state index in [1.807, 2.05) is 0 Å². The fraction of sp³-hybridized carbons (Fsp3) is 0.783. The van der Waals surface area contributed by atoms with Crippen LogP contribution in [0.25, 0.3) is 0 Å². The molecule has 1 aliphatic carbocycles. The van der Waals surface area contributed by atoms with Gasteiger partial charge in [0, 0.05) is 12.3 Å². The number of esters is 1. The molecule has 32 heavy (non-hydrogen) atoms. The Hall–Kier alpha value is -2.24. The van der Waals surface area contributed by atoms with Crippen LogP contribution in [0, 0.1) is 30.6 Å². The van der Waals surface area contributed by atoms with Gasteiger partial charge in [0.2, 0.25) is 5.91 Å². The van der Waals surface area contributed by atoms with Crippen LogP contribution in [0.2, 0.25) is 0 Å². The van der Waals surface area contributed by atoms with E-state index in [1.54, 1.807) is 34.6 Å². The summed E-state index contributed by atoms with van der Waals surface area (Å²) in [6.45, 7) is 10.6. The maximum atomic E-state index is 12.7. The Bertz CT molecular complexity index is 648. The van der Waals surface area contributed by atoms with E-state index in [1.165, 1.54) is 12.8 Å². The lowest BCUT2D eigenvalue weighted by Gasteiger charge is -2.27. The molecule has 2 rings (SSSR count). The number of nitrogens with zero attached hydrogens (tertiary/aromatic N) is 1. The van der Waals surface area contributed by atoms with E-state index in [2.05, 4.69) is 19.8 Å². The smallest absolute Gasteiger partial charge is 0.416 e. The van der Waals surface area contributed by atoms with E-state index in [4.69, 9.17) is 9.47 Å². The number of carbonyl (C=O) groups is 3. The van der Waals surface area contributed by atoms with Gasteiger partial charge in [-0.1, -0.05) is 33.6 Å². The fourth-order valence-corrected chi connectivity index (χ4v) is 2.78. The molecule has 184 valence electrons. The van der Waals surface area contributed by atoms with Crippen LogP contribution < -0.4 is 0 Å². The molecule has 0 N–H and O–H groups in total. The minimum Gasteiger partial charge on any atom is -0.460 e. The predicted molar refractivity (Wildman–Crippen MR) is 114 cm³/mol. The molecule has 0 bridgehead atoms. The van der Waals surface area contributed by atoms with Gasteiger partial charge in [0.15, 0.2) is 0 Å². The molecular weight excluding hydrogens is 427 g/mol. The van der Waals surface area contributed by atoms with Crippen LogP contribution in [0.4, 0.5) is 18.0 Å². The van der Waals surface area contributed by atoms with Crippen LogP contribution in [0.15, 0.2) is 0 Å². The van der Waals surface area contributed by atoms with E-state index in [9.17, 15) is 27.6 Å². The van der Waals surface area contributed by atoms with Crippen LogP contribution in [0.3, 0.4) is 0 Å². The van der Waals surface area contributed by atoms with Crippen molar-refractivity contribution in [1.82, 2.24) is 4.90 Å². The summed E-state index contributed by atoms with van der Waals surface area (Å²) in [5.41, 5.74) is -0.832. The number of cyclic esters (lactones) is 1. The largest absolute Gasteiger partial charge is 0.460 e. The van der Waals surface area contributed by atoms with Gasteiger partial charge in [-0.05, 0) is 39.0 Å². The standard InChI is InChI=1S/C17H26F3NO5.C4H8.C2H2/c1-10(2)12-9-25-15(24)21(12)14(23)11(6-7-17(18,19)20)8-13(22)26-16(3,4)5;1-4-2-3-4;1-2/h10-12H,6-9H2,1-5H3;4H,2-3H2,1H3;1-2H/t11-,12?;;/m1../s1. The minimum atomic E-state index is -4.48. The van der Waals surface area contributed by atoms with Crippen LogP contribution in [-0.4, -0.2) is 47.3 Å². The SMILES string of the molecule is C#C.CC(C)C1COC(=O)N1C(=O)[C@H](CCC(F)(F)F)CC(=O)OC(C)(C)C.CC1CC1. The molecule has 1 saturated carbocycles. The molecule has 1 aliphatic heterocycles. The van der Waals surface area contributed by atoms with Crippen molar-refractivity contribution in [1.29, 1.82) is 0 Å². The number of alkyl halides is 3. The first-order valence-electron chi connectivity index (χ1n) is 10.7. The molecule has 1 heterocycles. The average Bonchev–Trinajstić information content (AvgIpc) is 3.32. The van der Waals surface area contributed by atoms with E-state index in [0.29, 0.717) is 0 Å². The molecule has 6 nitrogen and oxygen atoms in total. The maximum Gasteiger partial charge on any atom is 0.416 e. The predicted octanol–water partition coefficient (Wildman–Crippen LogP) is 5.35. The second-order valence-corrected chi connectivity index (χ2v) is 9.42. The highest BCUT2D eigenvalue weighted by atomic mass is 19.4. The number of ether oxygens (including phenoxy) is 2. The Morgan fingerprint density at radius 2 is 1.69 bits per heavy atom. The van der Waals surface area contributed by atoms with Gasteiger partial charge in [0.05, 0.1) is 12.5 Å². The lowest BCUT2D eigenvalue weighted by molar-refractivity contribution is -0.161. The first-order chi connectivity index (χ1) is 14.6. The summed E-state index contributed by atoms with van der Waals surface area (Å²) >= 11 is 0. The van der Waals surface area contributed by atoms with Crippen molar-refractivity contribution < 1.29 is 37.0 Å². The van der Waals surface area contributed by atoms with Crippen molar-refractivity contribution in [2.24, 2.45) is 17.8 Å². The zero-order valence-corrected chi connectivity index (χ0v) is 19.8. The van der Waals surface area contributed by atoms with Crippen molar-refractivity contribution in [3.05, 3.63) is 0 Å². The molecule has 0 spiro atoms. The summed E-state index contributed by atoms with van der Waals surface area (Å²) < 4.78 is 47.8. The van der Waals surface area contributed by atoms with Crippen LogP contribution >= 0.6 is 0 Å². The highest BCUT2D eigenvalue weighted by Gasteiger charge is 2.43. The van der Waals surface area contributed by atoms with Crippen LogP contribution in [0.5, 0.6) is 0 Å². The van der Waals surface area contributed by atoms with Gasteiger partial charge in [-0.15, -0.1) is 12.8 Å². The monoisotopic (exact) mass is 463 g/mol. The molecule has 0 aromatic rings. The van der Waals surface area contributed by atoms with Gasteiger partial charge in [-0.25, -0.2) is 9.69 Å². The summed E-state index contributed by atoms with van der Waals surface area (Å²) in [4.78, 5) is 37.5.